The summed E-state index contributed by atoms with van der Waals surface area (Å²) in [7, 11) is 0. The van der Waals surface area contributed by atoms with Gasteiger partial charge in [0.15, 0.2) is 0 Å². The maximum absolute atomic E-state index is 10.5. The van der Waals surface area contributed by atoms with Crippen molar-refractivity contribution in [3.8, 4) is 0 Å². The van der Waals surface area contributed by atoms with Crippen LogP contribution in [0.25, 0.3) is 0 Å². The molecule has 1 saturated carbocycles. The second kappa shape index (κ2) is 6.23. The zero-order valence-electron chi connectivity index (χ0n) is 10.1. The molecule has 88 valence electrons. The molecule has 1 rings (SSSR count). The number of carbonyl (C=O) groups is 1. The monoisotopic (exact) mass is 212 g/mol. The molecule has 0 aromatic carbocycles. The minimum atomic E-state index is 0.00427. The first-order valence-corrected chi connectivity index (χ1v) is 6.09. The zero-order chi connectivity index (χ0) is 11.3. The van der Waals surface area contributed by atoms with E-state index in [4.69, 9.17) is 0 Å². The molecular formula is C12H24N2O. The Kier molecular flexibility index (Phi) is 5.26. The van der Waals surface area contributed by atoms with Crippen LogP contribution in [0.5, 0.6) is 0 Å². The summed E-state index contributed by atoms with van der Waals surface area (Å²) in [6, 6.07) is 1.79. The lowest BCUT2D eigenvalue weighted by atomic mass is 9.90. The third kappa shape index (κ3) is 4.76. The maximum Gasteiger partial charge on any atom is 0.136 e. The lowest BCUT2D eigenvalue weighted by Gasteiger charge is -2.31. The summed E-state index contributed by atoms with van der Waals surface area (Å²) in [5, 5.41) is 6.92. The highest BCUT2D eigenvalue weighted by atomic mass is 16.1. The van der Waals surface area contributed by atoms with Gasteiger partial charge < -0.3 is 15.4 Å². The summed E-state index contributed by atoms with van der Waals surface area (Å²) in [5.74, 6) is 0. The molecule has 1 fully saturated rings. The van der Waals surface area contributed by atoms with Gasteiger partial charge in [-0.15, -0.1) is 0 Å². The van der Waals surface area contributed by atoms with Gasteiger partial charge in [0.2, 0.25) is 0 Å². The molecule has 0 aromatic heterocycles. The van der Waals surface area contributed by atoms with Gasteiger partial charge in [0.1, 0.15) is 6.29 Å². The Morgan fingerprint density at radius 3 is 1.87 bits per heavy atom. The van der Waals surface area contributed by atoms with Crippen LogP contribution < -0.4 is 10.6 Å². The highest BCUT2D eigenvalue weighted by Gasteiger charge is 2.21. The lowest BCUT2D eigenvalue weighted by molar-refractivity contribution is -0.109. The van der Waals surface area contributed by atoms with Gasteiger partial charge in [-0.25, -0.2) is 0 Å². The minimum Gasteiger partial charge on any atom is -0.312 e. The van der Waals surface area contributed by atoms with Crippen LogP contribution in [0.4, 0.5) is 0 Å². The molecule has 3 heteroatoms. The maximum atomic E-state index is 10.5. The van der Waals surface area contributed by atoms with Gasteiger partial charge in [-0.2, -0.15) is 0 Å². The van der Waals surface area contributed by atoms with E-state index < -0.39 is 0 Å². The number of nitrogens with one attached hydrogen (secondary N) is 2. The van der Waals surface area contributed by atoms with Gasteiger partial charge in [0.25, 0.3) is 0 Å². The standard InChI is InChI=1S/C12H24N2O/c1-9(2)13-11-4-6-12(7-5-11)14-10(3)8-15/h8-14H,4-7H2,1-3H3/t10-,11?,12?/m0/s1. The van der Waals surface area contributed by atoms with Crippen molar-refractivity contribution >= 4 is 6.29 Å². The predicted molar refractivity (Wildman–Crippen MR) is 63.0 cm³/mol. The minimum absolute atomic E-state index is 0.00427. The zero-order valence-corrected chi connectivity index (χ0v) is 10.1. The van der Waals surface area contributed by atoms with Crippen LogP contribution in [0, 0.1) is 0 Å². The molecule has 0 amide bonds. The molecule has 0 aromatic rings. The Morgan fingerprint density at radius 2 is 1.47 bits per heavy atom. The largest absolute Gasteiger partial charge is 0.312 e. The van der Waals surface area contributed by atoms with Gasteiger partial charge in [-0.1, -0.05) is 13.8 Å². The number of carbonyl (C=O) groups excluding carboxylic acids is 1. The molecule has 15 heavy (non-hydrogen) atoms. The summed E-state index contributed by atoms with van der Waals surface area (Å²) >= 11 is 0. The van der Waals surface area contributed by atoms with Gasteiger partial charge in [0, 0.05) is 18.1 Å². The molecule has 2 N–H and O–H groups in total. The third-order valence-corrected chi connectivity index (χ3v) is 3.00. The number of hydrogen-bond donors (Lipinski definition) is 2. The van der Waals surface area contributed by atoms with Gasteiger partial charge in [0.05, 0.1) is 6.04 Å². The van der Waals surface area contributed by atoms with E-state index in [0.717, 1.165) is 6.29 Å². The summed E-state index contributed by atoms with van der Waals surface area (Å²) < 4.78 is 0. The predicted octanol–water partition coefficient (Wildman–Crippen LogP) is 1.47. The Hall–Kier alpha value is -0.410. The number of hydrogen-bond acceptors (Lipinski definition) is 3. The van der Waals surface area contributed by atoms with E-state index in [1.54, 1.807) is 0 Å². The van der Waals surface area contributed by atoms with Crippen LogP contribution in [0.15, 0.2) is 0 Å². The van der Waals surface area contributed by atoms with Crippen molar-refractivity contribution in [1.29, 1.82) is 0 Å². The van der Waals surface area contributed by atoms with Gasteiger partial charge in [-0.3, -0.25) is 0 Å². The molecule has 0 radical (unpaired) electrons. The Balaban J connectivity index is 2.20. The van der Waals surface area contributed by atoms with Gasteiger partial charge >= 0.3 is 0 Å². The van der Waals surface area contributed by atoms with Crippen LogP contribution in [-0.4, -0.2) is 30.5 Å². The molecule has 0 spiro atoms. The van der Waals surface area contributed by atoms with Crippen molar-refractivity contribution in [2.45, 2.75) is 70.6 Å². The molecular weight excluding hydrogens is 188 g/mol. The number of rotatable bonds is 5. The SMILES string of the molecule is CC(C)NC1CCC(N[C@@H](C)C=O)CC1. The highest BCUT2D eigenvalue weighted by molar-refractivity contribution is 5.56. The molecule has 0 aliphatic heterocycles. The smallest absolute Gasteiger partial charge is 0.136 e. The second-order valence-electron chi connectivity index (χ2n) is 4.96. The van der Waals surface area contributed by atoms with Crippen LogP contribution >= 0.6 is 0 Å². The Labute approximate surface area is 93.0 Å². The van der Waals surface area contributed by atoms with Crippen molar-refractivity contribution in [1.82, 2.24) is 10.6 Å². The fourth-order valence-electron chi connectivity index (χ4n) is 2.31. The summed E-state index contributed by atoms with van der Waals surface area (Å²) in [5.41, 5.74) is 0. The lowest BCUT2D eigenvalue weighted by Crippen LogP contribution is -2.44. The molecule has 0 bridgehead atoms. The average Bonchev–Trinajstić information content (AvgIpc) is 2.20. The summed E-state index contributed by atoms with van der Waals surface area (Å²) in [4.78, 5) is 10.5. The number of aldehydes is 1. The molecule has 1 aliphatic rings. The normalized spacial score (nSPS) is 29.1. The van der Waals surface area contributed by atoms with Crippen LogP contribution in [-0.2, 0) is 4.79 Å². The van der Waals surface area contributed by atoms with Crippen molar-refractivity contribution in [2.75, 3.05) is 0 Å². The van der Waals surface area contributed by atoms with E-state index in [1.165, 1.54) is 25.7 Å². The van der Waals surface area contributed by atoms with E-state index in [2.05, 4.69) is 24.5 Å². The first-order valence-electron chi connectivity index (χ1n) is 6.09. The molecule has 1 aliphatic carbocycles. The van der Waals surface area contributed by atoms with Crippen molar-refractivity contribution in [3.05, 3.63) is 0 Å². The quantitative estimate of drug-likeness (QED) is 0.678. The fraction of sp³-hybridized carbons (Fsp3) is 0.917. The van der Waals surface area contributed by atoms with E-state index in [1.807, 2.05) is 6.92 Å². The van der Waals surface area contributed by atoms with E-state index in [-0.39, 0.29) is 6.04 Å². The summed E-state index contributed by atoms with van der Waals surface area (Å²) in [6.45, 7) is 6.31. The topological polar surface area (TPSA) is 41.1 Å². The Bertz CT molecular complexity index is 186. The summed E-state index contributed by atoms with van der Waals surface area (Å²) in [6.07, 6.45) is 5.80. The van der Waals surface area contributed by atoms with Gasteiger partial charge in [-0.05, 0) is 32.6 Å². The second-order valence-corrected chi connectivity index (χ2v) is 4.96. The van der Waals surface area contributed by atoms with E-state index in [9.17, 15) is 4.79 Å². The molecule has 0 heterocycles. The van der Waals surface area contributed by atoms with Crippen molar-refractivity contribution < 1.29 is 4.79 Å². The van der Waals surface area contributed by atoms with Crippen LogP contribution in [0.3, 0.4) is 0 Å². The molecule has 0 unspecified atom stereocenters. The fourth-order valence-corrected chi connectivity index (χ4v) is 2.31. The van der Waals surface area contributed by atoms with E-state index in [0.29, 0.717) is 18.1 Å². The Morgan fingerprint density at radius 1 is 1.00 bits per heavy atom. The first-order chi connectivity index (χ1) is 7.11. The molecule has 1 atom stereocenters. The van der Waals surface area contributed by atoms with Crippen LogP contribution in [0.2, 0.25) is 0 Å². The highest BCUT2D eigenvalue weighted by Crippen LogP contribution is 2.19. The average molecular weight is 212 g/mol. The van der Waals surface area contributed by atoms with Crippen molar-refractivity contribution in [2.24, 2.45) is 0 Å². The van der Waals surface area contributed by atoms with Crippen molar-refractivity contribution in [3.63, 3.8) is 0 Å². The first kappa shape index (κ1) is 12.7. The molecule has 0 saturated heterocycles. The van der Waals surface area contributed by atoms with Crippen LogP contribution in [0.1, 0.15) is 46.5 Å². The van der Waals surface area contributed by atoms with E-state index >= 15 is 0 Å². The third-order valence-electron chi connectivity index (χ3n) is 3.00. The molecule has 3 nitrogen and oxygen atoms in total.